The molecule has 2 heterocycles. The van der Waals surface area contributed by atoms with Gasteiger partial charge in [0.05, 0.1) is 0 Å². The van der Waals surface area contributed by atoms with E-state index in [1.807, 2.05) is 26.0 Å². The number of halogens is 2. The van der Waals surface area contributed by atoms with Gasteiger partial charge in [-0.15, -0.1) is 0 Å². The summed E-state index contributed by atoms with van der Waals surface area (Å²) < 4.78 is 7.40. The number of fused-ring (bicyclic) bond motifs is 2. The Morgan fingerprint density at radius 3 is 2.62 bits per heavy atom. The van der Waals surface area contributed by atoms with E-state index in [2.05, 4.69) is 31.9 Å². The van der Waals surface area contributed by atoms with Gasteiger partial charge in [0.25, 0.3) is 0 Å². The summed E-state index contributed by atoms with van der Waals surface area (Å²) in [5, 5.41) is 9.90. The van der Waals surface area contributed by atoms with Crippen LogP contribution in [-0.2, 0) is 4.74 Å². The predicted octanol–water partition coefficient (Wildman–Crippen LogP) is 2.47. The second-order valence-corrected chi connectivity index (χ2v) is 5.44. The zero-order chi connectivity index (χ0) is 9.85. The highest BCUT2D eigenvalue weighted by Crippen LogP contribution is 2.49. The van der Waals surface area contributed by atoms with Crippen molar-refractivity contribution in [2.75, 3.05) is 0 Å². The van der Waals surface area contributed by atoms with Gasteiger partial charge in [0.1, 0.15) is 17.3 Å². The van der Waals surface area contributed by atoms with Crippen molar-refractivity contribution in [1.82, 2.24) is 0 Å². The molecule has 0 aromatic heterocycles. The van der Waals surface area contributed by atoms with Crippen molar-refractivity contribution in [3.63, 3.8) is 0 Å². The molecule has 13 heavy (non-hydrogen) atoms. The third-order valence-corrected chi connectivity index (χ3v) is 5.17. The Balaban J connectivity index is 2.58. The molecule has 0 saturated carbocycles. The van der Waals surface area contributed by atoms with Crippen molar-refractivity contribution in [2.24, 2.45) is 0 Å². The van der Waals surface area contributed by atoms with Crippen LogP contribution in [0.25, 0.3) is 0 Å². The van der Waals surface area contributed by atoms with E-state index in [-0.39, 0.29) is 0 Å². The summed E-state index contributed by atoms with van der Waals surface area (Å²) >= 11 is 6.80. The van der Waals surface area contributed by atoms with E-state index in [1.165, 1.54) is 0 Å². The topological polar surface area (TPSA) is 29.5 Å². The van der Waals surface area contributed by atoms with E-state index in [4.69, 9.17) is 4.74 Å². The summed E-state index contributed by atoms with van der Waals surface area (Å²) in [6.07, 6.45) is 3.25. The van der Waals surface area contributed by atoms with E-state index in [9.17, 15) is 5.11 Å². The minimum Gasteiger partial charge on any atom is -0.384 e. The van der Waals surface area contributed by atoms with Gasteiger partial charge >= 0.3 is 0 Å². The molecular formula is C9H10Br2O2. The van der Waals surface area contributed by atoms with E-state index in [1.54, 1.807) is 0 Å². The van der Waals surface area contributed by atoms with Crippen LogP contribution in [0.15, 0.2) is 21.1 Å². The van der Waals surface area contributed by atoms with Crippen LogP contribution in [0, 0.1) is 0 Å². The second kappa shape index (κ2) is 2.69. The van der Waals surface area contributed by atoms with Gasteiger partial charge in [0.2, 0.25) is 0 Å². The zero-order valence-electron chi connectivity index (χ0n) is 7.34. The first-order valence-electron chi connectivity index (χ1n) is 4.03. The maximum Gasteiger partial charge on any atom is 0.119 e. The molecule has 0 radical (unpaired) electrons. The van der Waals surface area contributed by atoms with E-state index >= 15 is 0 Å². The fraction of sp³-hybridized carbons (Fsp3) is 0.556. The minimum atomic E-state index is -0.631. The molecule has 0 aliphatic carbocycles. The van der Waals surface area contributed by atoms with Gasteiger partial charge in [-0.3, -0.25) is 0 Å². The first-order chi connectivity index (χ1) is 5.89. The predicted molar refractivity (Wildman–Crippen MR) is 57.9 cm³/mol. The van der Waals surface area contributed by atoms with Gasteiger partial charge in [0, 0.05) is 8.96 Å². The smallest absolute Gasteiger partial charge is 0.119 e. The average Bonchev–Trinajstić information content (AvgIpc) is 2.38. The third kappa shape index (κ3) is 1.19. The summed E-state index contributed by atoms with van der Waals surface area (Å²) in [5.74, 6) is 0. The summed E-state index contributed by atoms with van der Waals surface area (Å²) in [6.45, 7) is 3.84. The van der Waals surface area contributed by atoms with Crippen LogP contribution < -0.4 is 0 Å². The molecule has 0 aromatic carbocycles. The molecule has 0 aromatic rings. The maximum atomic E-state index is 9.90. The van der Waals surface area contributed by atoms with Crippen molar-refractivity contribution in [2.45, 2.75) is 31.2 Å². The fourth-order valence-electron chi connectivity index (χ4n) is 1.72. The molecule has 2 aliphatic heterocycles. The monoisotopic (exact) mass is 308 g/mol. The number of ether oxygens (including phenoxy) is 1. The third-order valence-electron chi connectivity index (χ3n) is 2.59. The number of hydrogen-bond acceptors (Lipinski definition) is 2. The van der Waals surface area contributed by atoms with Crippen LogP contribution in [0.3, 0.4) is 0 Å². The summed E-state index contributed by atoms with van der Waals surface area (Å²) in [7, 11) is 0. The molecule has 0 amide bonds. The van der Waals surface area contributed by atoms with Crippen LogP contribution >= 0.6 is 31.9 Å². The largest absolute Gasteiger partial charge is 0.384 e. The lowest BCUT2D eigenvalue weighted by Gasteiger charge is -2.39. The van der Waals surface area contributed by atoms with Crippen LogP contribution in [0.2, 0.25) is 0 Å². The fourth-order valence-corrected chi connectivity index (χ4v) is 3.00. The van der Waals surface area contributed by atoms with Crippen molar-refractivity contribution >= 4 is 31.9 Å². The number of rotatable bonds is 0. The Morgan fingerprint density at radius 2 is 2.00 bits per heavy atom. The van der Waals surface area contributed by atoms with Crippen molar-refractivity contribution < 1.29 is 9.84 Å². The van der Waals surface area contributed by atoms with Gasteiger partial charge in [0.15, 0.2) is 0 Å². The minimum absolute atomic E-state index is 0.424. The lowest BCUT2D eigenvalue weighted by molar-refractivity contribution is -0.108. The Kier molecular flexibility index (Phi) is 2.05. The molecule has 3 atom stereocenters. The Hall–Kier alpha value is 0.360. The zero-order valence-corrected chi connectivity index (χ0v) is 10.5. The SMILES string of the molecule is C[C@]12C=C[C@](C)(O1)C(O)C(Br)=C2Br. The summed E-state index contributed by atoms with van der Waals surface area (Å²) in [6, 6.07) is 0. The Labute approximate surface area is 93.9 Å². The van der Waals surface area contributed by atoms with E-state index < -0.39 is 17.3 Å². The number of aliphatic hydroxyl groups excluding tert-OH is 1. The molecule has 0 spiro atoms. The number of aliphatic hydroxyl groups is 1. The molecule has 0 fully saturated rings. The Bertz CT molecular complexity index is 324. The number of hydrogen-bond donors (Lipinski definition) is 1. The lowest BCUT2D eigenvalue weighted by Crippen LogP contribution is -2.47. The molecule has 2 aliphatic rings. The standard InChI is InChI=1S/C9H10Br2O2/c1-8-3-4-9(2,13-8)7(12)5(10)6(8)11/h3-4,7,12H,1-2H3/t7?,8-,9+/m1/s1. The van der Waals surface area contributed by atoms with Crippen LogP contribution in [0.5, 0.6) is 0 Å². The van der Waals surface area contributed by atoms with Gasteiger partial charge in [-0.25, -0.2) is 0 Å². The second-order valence-electron chi connectivity index (χ2n) is 3.79. The van der Waals surface area contributed by atoms with Gasteiger partial charge < -0.3 is 9.84 Å². The van der Waals surface area contributed by atoms with Crippen LogP contribution in [-0.4, -0.2) is 22.4 Å². The first kappa shape index (κ1) is 9.90. The molecule has 2 nitrogen and oxygen atoms in total. The van der Waals surface area contributed by atoms with Gasteiger partial charge in [-0.05, 0) is 19.9 Å². The maximum absolute atomic E-state index is 9.90. The van der Waals surface area contributed by atoms with Gasteiger partial charge in [-0.1, -0.05) is 37.9 Å². The highest BCUT2D eigenvalue weighted by Gasteiger charge is 2.51. The van der Waals surface area contributed by atoms with E-state index in [0.29, 0.717) is 0 Å². The molecule has 0 saturated heterocycles. The molecule has 72 valence electrons. The van der Waals surface area contributed by atoms with Crippen molar-refractivity contribution in [1.29, 1.82) is 0 Å². The molecule has 2 bridgehead atoms. The quantitative estimate of drug-likeness (QED) is 0.697. The van der Waals surface area contributed by atoms with Crippen molar-refractivity contribution in [3.05, 3.63) is 21.1 Å². The summed E-state index contributed by atoms with van der Waals surface area (Å²) in [5.41, 5.74) is -1.02. The van der Waals surface area contributed by atoms with Gasteiger partial charge in [-0.2, -0.15) is 0 Å². The van der Waals surface area contributed by atoms with Crippen molar-refractivity contribution in [3.8, 4) is 0 Å². The summed E-state index contributed by atoms with van der Waals surface area (Å²) in [4.78, 5) is 0. The highest BCUT2D eigenvalue weighted by atomic mass is 79.9. The molecule has 1 unspecified atom stereocenters. The highest BCUT2D eigenvalue weighted by molar-refractivity contribution is 9.14. The average molecular weight is 310 g/mol. The first-order valence-corrected chi connectivity index (χ1v) is 5.62. The molecule has 2 rings (SSSR count). The normalized spacial score (nSPS) is 48.8. The van der Waals surface area contributed by atoms with E-state index in [0.717, 1.165) is 8.96 Å². The molecular weight excluding hydrogens is 300 g/mol. The molecule has 1 N–H and O–H groups in total. The molecule has 4 heteroatoms. The Morgan fingerprint density at radius 1 is 1.38 bits per heavy atom. The lowest BCUT2D eigenvalue weighted by atomic mass is 9.97. The van der Waals surface area contributed by atoms with Crippen LogP contribution in [0.4, 0.5) is 0 Å². The van der Waals surface area contributed by atoms with Crippen LogP contribution in [0.1, 0.15) is 13.8 Å².